The normalized spacial score (nSPS) is 15.2. The van der Waals surface area contributed by atoms with E-state index in [2.05, 4.69) is 14.9 Å². The van der Waals surface area contributed by atoms with Gasteiger partial charge in [0.25, 0.3) is 0 Å². The van der Waals surface area contributed by atoms with E-state index < -0.39 is 0 Å². The van der Waals surface area contributed by atoms with Gasteiger partial charge >= 0.3 is 0 Å². The first-order valence-corrected chi connectivity index (χ1v) is 12.2. The first kappa shape index (κ1) is 21.7. The number of piperidine rings is 1. The average molecular weight is 464 g/mol. The van der Waals surface area contributed by atoms with Crippen LogP contribution in [0.25, 0.3) is 16.7 Å². The van der Waals surface area contributed by atoms with Crippen LogP contribution in [0.5, 0.6) is 5.75 Å². The highest BCUT2D eigenvalue weighted by Crippen LogP contribution is 2.29. The molecule has 5 rings (SSSR count). The van der Waals surface area contributed by atoms with Gasteiger partial charge in [-0.25, -0.2) is 14.4 Å². The maximum Gasteiger partial charge on any atom is 0.173 e. The Balaban J connectivity index is 1.23. The van der Waals surface area contributed by atoms with Gasteiger partial charge in [-0.05, 0) is 73.2 Å². The molecule has 0 bridgehead atoms. The Labute approximate surface area is 196 Å². The minimum Gasteiger partial charge on any atom is -0.490 e. The zero-order chi connectivity index (χ0) is 22.8. The highest BCUT2D eigenvalue weighted by Gasteiger charge is 2.21. The van der Waals surface area contributed by atoms with Gasteiger partial charge in [0.2, 0.25) is 0 Å². The van der Waals surface area contributed by atoms with Crippen LogP contribution in [0.15, 0.2) is 66.0 Å². The zero-order valence-corrected chi connectivity index (χ0v) is 19.3. The van der Waals surface area contributed by atoms with Crippen molar-refractivity contribution in [1.82, 2.24) is 19.4 Å². The summed E-state index contributed by atoms with van der Waals surface area (Å²) in [4.78, 5) is 11.1. The van der Waals surface area contributed by atoms with Crippen LogP contribution in [0, 0.1) is 5.82 Å². The van der Waals surface area contributed by atoms with Gasteiger partial charge in [0.15, 0.2) is 5.16 Å². The average Bonchev–Trinajstić information content (AvgIpc) is 3.18. The fraction of sp³-hybridized carbons (Fsp3) is 0.280. The number of nitrogens with two attached hydrogens (primary N) is 1. The summed E-state index contributed by atoms with van der Waals surface area (Å²) in [5.41, 5.74) is 9.50. The van der Waals surface area contributed by atoms with Crippen LogP contribution >= 0.6 is 11.8 Å². The zero-order valence-electron chi connectivity index (χ0n) is 18.4. The number of nitrogens with zero attached hydrogens (tertiary/aromatic N) is 4. The molecule has 1 aliphatic heterocycles. The monoisotopic (exact) mass is 463 g/mol. The maximum atomic E-state index is 13.6. The first-order chi connectivity index (χ1) is 16.1. The SMILES string of the molecule is CSc1nc2cc(F)ccc2n1-c1ccc(OC2CCN(Cc3ccnc(N)c3)CC2)cc1. The lowest BCUT2D eigenvalue weighted by Gasteiger charge is -2.32. The molecule has 3 heterocycles. The van der Waals surface area contributed by atoms with Crippen molar-refractivity contribution in [3.63, 3.8) is 0 Å². The minimum atomic E-state index is -0.278. The number of benzene rings is 2. The molecule has 0 spiro atoms. The van der Waals surface area contributed by atoms with Crippen molar-refractivity contribution in [3.8, 4) is 11.4 Å². The van der Waals surface area contributed by atoms with Crippen molar-refractivity contribution >= 4 is 28.6 Å². The van der Waals surface area contributed by atoms with Gasteiger partial charge in [0.1, 0.15) is 23.5 Å². The van der Waals surface area contributed by atoms with E-state index in [0.717, 1.165) is 54.6 Å². The smallest absolute Gasteiger partial charge is 0.173 e. The molecule has 1 fully saturated rings. The van der Waals surface area contributed by atoms with E-state index >= 15 is 0 Å². The number of hydrogen-bond acceptors (Lipinski definition) is 6. The summed E-state index contributed by atoms with van der Waals surface area (Å²) in [7, 11) is 0. The largest absolute Gasteiger partial charge is 0.490 e. The van der Waals surface area contributed by atoms with Gasteiger partial charge in [-0.2, -0.15) is 0 Å². The highest BCUT2D eigenvalue weighted by molar-refractivity contribution is 7.98. The van der Waals surface area contributed by atoms with Gasteiger partial charge in [-0.3, -0.25) is 9.47 Å². The van der Waals surface area contributed by atoms with Crippen LogP contribution in [0.4, 0.5) is 10.2 Å². The molecule has 1 aliphatic rings. The lowest BCUT2D eigenvalue weighted by molar-refractivity contribution is 0.0968. The summed E-state index contributed by atoms with van der Waals surface area (Å²) in [6, 6.07) is 16.7. The number of nitrogen functional groups attached to an aromatic ring is 1. The molecule has 2 aromatic heterocycles. The van der Waals surface area contributed by atoms with E-state index in [4.69, 9.17) is 10.5 Å². The Morgan fingerprint density at radius 3 is 2.61 bits per heavy atom. The predicted molar refractivity (Wildman–Crippen MR) is 130 cm³/mol. The number of aromatic nitrogens is 3. The molecule has 8 heteroatoms. The van der Waals surface area contributed by atoms with Gasteiger partial charge in [-0.15, -0.1) is 0 Å². The second kappa shape index (κ2) is 9.41. The Morgan fingerprint density at radius 2 is 1.88 bits per heavy atom. The molecular weight excluding hydrogens is 437 g/mol. The number of likely N-dealkylation sites (tertiary alicyclic amines) is 1. The number of ether oxygens (including phenoxy) is 1. The Kier molecular flexibility index (Phi) is 6.20. The van der Waals surface area contributed by atoms with E-state index in [1.165, 1.54) is 29.5 Å². The molecule has 0 aliphatic carbocycles. The lowest BCUT2D eigenvalue weighted by Crippen LogP contribution is -2.37. The summed E-state index contributed by atoms with van der Waals surface area (Å²) in [5, 5.41) is 0.826. The van der Waals surface area contributed by atoms with Crippen LogP contribution in [-0.4, -0.2) is 44.9 Å². The van der Waals surface area contributed by atoms with E-state index in [1.54, 1.807) is 12.3 Å². The van der Waals surface area contributed by atoms with E-state index in [-0.39, 0.29) is 11.9 Å². The lowest BCUT2D eigenvalue weighted by atomic mass is 10.1. The van der Waals surface area contributed by atoms with Gasteiger partial charge < -0.3 is 10.5 Å². The van der Waals surface area contributed by atoms with Crippen molar-refractivity contribution in [2.75, 3.05) is 25.1 Å². The molecule has 0 atom stereocenters. The summed E-state index contributed by atoms with van der Waals surface area (Å²) >= 11 is 1.54. The molecule has 1 saturated heterocycles. The summed E-state index contributed by atoms with van der Waals surface area (Å²) in [6.45, 7) is 2.86. The summed E-state index contributed by atoms with van der Waals surface area (Å²) < 4.78 is 21.9. The number of thioether (sulfide) groups is 1. The molecule has 0 amide bonds. The van der Waals surface area contributed by atoms with Crippen molar-refractivity contribution in [2.45, 2.75) is 30.6 Å². The molecule has 2 aromatic carbocycles. The van der Waals surface area contributed by atoms with Crippen molar-refractivity contribution in [2.24, 2.45) is 0 Å². The van der Waals surface area contributed by atoms with Crippen molar-refractivity contribution < 1.29 is 9.13 Å². The van der Waals surface area contributed by atoms with Crippen LogP contribution < -0.4 is 10.5 Å². The van der Waals surface area contributed by atoms with E-state index in [1.807, 2.05) is 47.2 Å². The summed E-state index contributed by atoms with van der Waals surface area (Å²) in [5.74, 6) is 1.15. The number of hydrogen-bond donors (Lipinski definition) is 1. The molecule has 0 saturated carbocycles. The highest BCUT2D eigenvalue weighted by atomic mass is 32.2. The third-order valence-electron chi connectivity index (χ3n) is 5.95. The van der Waals surface area contributed by atoms with Crippen molar-refractivity contribution in [3.05, 3.63) is 72.2 Å². The van der Waals surface area contributed by atoms with E-state index in [9.17, 15) is 4.39 Å². The predicted octanol–water partition coefficient (Wildman–Crippen LogP) is 4.91. The van der Waals surface area contributed by atoms with Crippen molar-refractivity contribution in [1.29, 1.82) is 0 Å². The number of fused-ring (bicyclic) bond motifs is 1. The second-order valence-corrected chi connectivity index (χ2v) is 9.02. The van der Waals surface area contributed by atoms with Crippen LogP contribution in [0.2, 0.25) is 0 Å². The Morgan fingerprint density at radius 1 is 1.09 bits per heavy atom. The molecule has 6 nitrogen and oxygen atoms in total. The Bertz CT molecular complexity index is 1250. The fourth-order valence-corrected chi connectivity index (χ4v) is 4.90. The molecule has 2 N–H and O–H groups in total. The third-order valence-corrected chi connectivity index (χ3v) is 6.59. The standard InChI is InChI=1S/C25H26FN5OS/c1-33-25-29-22-15-18(26)2-7-23(22)31(25)19-3-5-20(6-4-19)32-21-9-12-30(13-10-21)16-17-8-11-28-24(27)14-17/h2-8,11,14-15,21H,9-10,12-13,16H2,1H3,(H2,27,28). The third kappa shape index (κ3) is 4.82. The van der Waals surface area contributed by atoms with Gasteiger partial charge in [-0.1, -0.05) is 11.8 Å². The molecule has 33 heavy (non-hydrogen) atoms. The van der Waals surface area contributed by atoms with Gasteiger partial charge in [0, 0.05) is 37.6 Å². The topological polar surface area (TPSA) is 69.2 Å². The minimum absolute atomic E-state index is 0.202. The number of rotatable bonds is 6. The number of pyridine rings is 1. The Hall–Kier alpha value is -3.10. The van der Waals surface area contributed by atoms with Gasteiger partial charge in [0.05, 0.1) is 11.0 Å². The molecule has 0 radical (unpaired) electrons. The second-order valence-electron chi connectivity index (χ2n) is 8.24. The summed E-state index contributed by atoms with van der Waals surface area (Å²) in [6.07, 6.45) is 5.90. The number of halogens is 1. The molecule has 0 unspecified atom stereocenters. The maximum absolute atomic E-state index is 13.6. The molecular formula is C25H26FN5OS. The van der Waals surface area contributed by atoms with Crippen LogP contribution in [0.1, 0.15) is 18.4 Å². The molecule has 4 aromatic rings. The van der Waals surface area contributed by atoms with Crippen LogP contribution in [0.3, 0.4) is 0 Å². The molecule has 170 valence electrons. The number of imidazole rings is 1. The van der Waals surface area contributed by atoms with Crippen LogP contribution in [-0.2, 0) is 6.54 Å². The quantitative estimate of drug-likeness (QED) is 0.410. The number of anilines is 1. The van der Waals surface area contributed by atoms with E-state index in [0.29, 0.717) is 11.3 Å². The fourth-order valence-electron chi connectivity index (χ4n) is 4.32. The first-order valence-electron chi connectivity index (χ1n) is 11.0.